The average molecular weight is 423 g/mol. The SMILES string of the molecule is CC(C)CCS(=O)(=O)c1c(C(=O)NCc2nccn2C)[nH]c2ccc(Cl)cc12. The van der Waals surface area contributed by atoms with Gasteiger partial charge in [-0.15, -0.1) is 0 Å². The molecule has 0 saturated heterocycles. The van der Waals surface area contributed by atoms with E-state index in [1.807, 2.05) is 20.9 Å². The molecular formula is C19H23ClN4O3S. The van der Waals surface area contributed by atoms with Gasteiger partial charge in [0.2, 0.25) is 0 Å². The van der Waals surface area contributed by atoms with E-state index >= 15 is 0 Å². The summed E-state index contributed by atoms with van der Waals surface area (Å²) in [6.07, 6.45) is 3.91. The summed E-state index contributed by atoms with van der Waals surface area (Å²) in [5.74, 6) is 0.350. The highest BCUT2D eigenvalue weighted by Crippen LogP contribution is 2.31. The zero-order chi connectivity index (χ0) is 20.5. The highest BCUT2D eigenvalue weighted by atomic mass is 35.5. The van der Waals surface area contributed by atoms with Crippen molar-refractivity contribution in [1.29, 1.82) is 0 Å². The van der Waals surface area contributed by atoms with Gasteiger partial charge in [0.25, 0.3) is 5.91 Å². The number of hydrogen-bond acceptors (Lipinski definition) is 4. The van der Waals surface area contributed by atoms with Crippen LogP contribution in [0.15, 0.2) is 35.5 Å². The summed E-state index contributed by atoms with van der Waals surface area (Å²) in [5, 5.41) is 3.58. The summed E-state index contributed by atoms with van der Waals surface area (Å²) < 4.78 is 27.9. The molecule has 2 heterocycles. The Morgan fingerprint density at radius 2 is 2.11 bits per heavy atom. The monoisotopic (exact) mass is 422 g/mol. The first-order chi connectivity index (χ1) is 13.2. The molecule has 1 amide bonds. The zero-order valence-electron chi connectivity index (χ0n) is 16.0. The summed E-state index contributed by atoms with van der Waals surface area (Å²) in [5.41, 5.74) is 0.574. The van der Waals surface area contributed by atoms with Crippen molar-refractivity contribution in [3.63, 3.8) is 0 Å². The fraction of sp³-hybridized carbons (Fsp3) is 0.368. The maximum Gasteiger partial charge on any atom is 0.269 e. The van der Waals surface area contributed by atoms with E-state index in [4.69, 9.17) is 11.6 Å². The minimum Gasteiger partial charge on any atom is -0.349 e. The van der Waals surface area contributed by atoms with Crippen molar-refractivity contribution in [1.82, 2.24) is 19.9 Å². The molecule has 7 nitrogen and oxygen atoms in total. The predicted octanol–water partition coefficient (Wildman–Crippen LogP) is 3.30. The van der Waals surface area contributed by atoms with Crippen LogP contribution >= 0.6 is 11.6 Å². The first-order valence-corrected chi connectivity index (χ1v) is 11.0. The van der Waals surface area contributed by atoms with Gasteiger partial charge in [0, 0.05) is 35.4 Å². The van der Waals surface area contributed by atoms with E-state index in [0.29, 0.717) is 28.2 Å². The van der Waals surface area contributed by atoms with Gasteiger partial charge in [0.15, 0.2) is 9.84 Å². The Morgan fingerprint density at radius 1 is 1.36 bits per heavy atom. The van der Waals surface area contributed by atoms with E-state index in [0.717, 1.165) is 0 Å². The lowest BCUT2D eigenvalue weighted by Gasteiger charge is -2.09. The number of carbonyl (C=O) groups excluding carboxylic acids is 1. The number of hydrogen-bond donors (Lipinski definition) is 2. The molecule has 3 rings (SSSR count). The molecule has 28 heavy (non-hydrogen) atoms. The van der Waals surface area contributed by atoms with Crippen LogP contribution in [0, 0.1) is 5.92 Å². The number of benzene rings is 1. The number of carbonyl (C=O) groups is 1. The summed E-state index contributed by atoms with van der Waals surface area (Å²) in [7, 11) is -1.86. The van der Waals surface area contributed by atoms with Crippen molar-refractivity contribution >= 4 is 38.2 Å². The molecule has 0 atom stereocenters. The van der Waals surface area contributed by atoms with Gasteiger partial charge in [0.1, 0.15) is 16.4 Å². The van der Waals surface area contributed by atoms with E-state index in [2.05, 4.69) is 15.3 Å². The molecule has 3 aromatic rings. The van der Waals surface area contributed by atoms with E-state index < -0.39 is 15.7 Å². The molecule has 0 unspecified atom stereocenters. The number of aromatic amines is 1. The Hall–Kier alpha value is -2.32. The molecule has 0 bridgehead atoms. The van der Waals surface area contributed by atoms with Gasteiger partial charge in [0.05, 0.1) is 12.3 Å². The predicted molar refractivity (Wildman–Crippen MR) is 109 cm³/mol. The van der Waals surface area contributed by atoms with Crippen LogP contribution in [0.2, 0.25) is 5.02 Å². The van der Waals surface area contributed by atoms with Gasteiger partial charge >= 0.3 is 0 Å². The topological polar surface area (TPSA) is 96.8 Å². The Balaban J connectivity index is 2.01. The molecule has 0 fully saturated rings. The lowest BCUT2D eigenvalue weighted by molar-refractivity contribution is 0.0942. The standard InChI is InChI=1S/C19H23ClN4O3S/c1-12(2)6-9-28(26,27)18-14-10-13(20)4-5-15(14)23-17(18)19(25)22-11-16-21-7-8-24(16)3/h4-5,7-8,10,12,23H,6,9,11H2,1-3H3,(H,22,25). The van der Waals surface area contributed by atoms with Crippen LogP contribution in [-0.4, -0.2) is 34.6 Å². The first kappa shape index (κ1) is 20.4. The number of nitrogens with zero attached hydrogens (tertiary/aromatic N) is 2. The van der Waals surface area contributed by atoms with Crippen LogP contribution in [0.1, 0.15) is 36.6 Å². The third kappa shape index (κ3) is 4.23. The Morgan fingerprint density at radius 3 is 2.75 bits per heavy atom. The fourth-order valence-electron chi connectivity index (χ4n) is 2.93. The summed E-state index contributed by atoms with van der Waals surface area (Å²) in [4.78, 5) is 19.9. The minimum atomic E-state index is -3.68. The van der Waals surface area contributed by atoms with Crippen molar-refractivity contribution in [3.8, 4) is 0 Å². The smallest absolute Gasteiger partial charge is 0.269 e. The second-order valence-electron chi connectivity index (χ2n) is 7.16. The molecular weight excluding hydrogens is 400 g/mol. The molecule has 150 valence electrons. The van der Waals surface area contributed by atoms with Crippen LogP contribution in [0.3, 0.4) is 0 Å². The number of aryl methyl sites for hydroxylation is 1. The maximum absolute atomic E-state index is 13.1. The van der Waals surface area contributed by atoms with E-state index in [9.17, 15) is 13.2 Å². The number of nitrogens with one attached hydrogen (secondary N) is 2. The number of rotatable bonds is 7. The molecule has 0 aliphatic rings. The first-order valence-electron chi connectivity index (χ1n) is 8.97. The maximum atomic E-state index is 13.1. The van der Waals surface area contributed by atoms with E-state index in [1.54, 1.807) is 35.2 Å². The molecule has 2 N–H and O–H groups in total. The third-order valence-electron chi connectivity index (χ3n) is 4.54. The average Bonchev–Trinajstić information content (AvgIpc) is 3.21. The Labute approximate surface area is 169 Å². The molecule has 2 aromatic heterocycles. The molecule has 0 aliphatic heterocycles. The summed E-state index contributed by atoms with van der Waals surface area (Å²) >= 11 is 6.08. The second-order valence-corrected chi connectivity index (χ2v) is 9.64. The number of amides is 1. The van der Waals surface area contributed by atoms with Gasteiger partial charge < -0.3 is 14.9 Å². The molecule has 9 heteroatoms. The van der Waals surface area contributed by atoms with Gasteiger partial charge in [-0.2, -0.15) is 0 Å². The fourth-order valence-corrected chi connectivity index (χ4v) is 5.05. The quantitative estimate of drug-likeness (QED) is 0.610. The van der Waals surface area contributed by atoms with Crippen molar-refractivity contribution in [2.75, 3.05) is 5.75 Å². The number of imidazole rings is 1. The normalized spacial score (nSPS) is 12.0. The number of halogens is 1. The molecule has 0 spiro atoms. The van der Waals surface area contributed by atoms with Crippen LogP contribution in [-0.2, 0) is 23.4 Å². The molecule has 0 aliphatic carbocycles. The van der Waals surface area contributed by atoms with Crippen molar-refractivity contribution < 1.29 is 13.2 Å². The highest BCUT2D eigenvalue weighted by molar-refractivity contribution is 7.91. The Kier molecular flexibility index (Phi) is 5.81. The number of aromatic nitrogens is 3. The minimum absolute atomic E-state index is 0.00277. The largest absolute Gasteiger partial charge is 0.349 e. The lowest BCUT2D eigenvalue weighted by atomic mass is 10.2. The van der Waals surface area contributed by atoms with Gasteiger partial charge in [-0.1, -0.05) is 25.4 Å². The summed E-state index contributed by atoms with van der Waals surface area (Å²) in [6, 6.07) is 4.90. The van der Waals surface area contributed by atoms with Gasteiger partial charge in [-0.05, 0) is 30.5 Å². The van der Waals surface area contributed by atoms with E-state index in [1.165, 1.54) is 0 Å². The van der Waals surface area contributed by atoms with Gasteiger partial charge in [-0.3, -0.25) is 4.79 Å². The van der Waals surface area contributed by atoms with Crippen molar-refractivity contribution in [2.24, 2.45) is 13.0 Å². The van der Waals surface area contributed by atoms with Crippen LogP contribution in [0.25, 0.3) is 10.9 Å². The second kappa shape index (κ2) is 7.97. The van der Waals surface area contributed by atoms with Crippen molar-refractivity contribution in [3.05, 3.63) is 47.1 Å². The zero-order valence-corrected chi connectivity index (χ0v) is 17.6. The third-order valence-corrected chi connectivity index (χ3v) is 6.60. The number of sulfone groups is 1. The molecule has 1 aromatic carbocycles. The lowest BCUT2D eigenvalue weighted by Crippen LogP contribution is -2.26. The highest BCUT2D eigenvalue weighted by Gasteiger charge is 2.28. The van der Waals surface area contributed by atoms with E-state index in [-0.39, 0.29) is 28.8 Å². The Bertz CT molecular complexity index is 1120. The molecule has 0 saturated carbocycles. The number of fused-ring (bicyclic) bond motifs is 1. The van der Waals surface area contributed by atoms with Crippen molar-refractivity contribution in [2.45, 2.75) is 31.7 Å². The van der Waals surface area contributed by atoms with Crippen LogP contribution < -0.4 is 5.32 Å². The molecule has 0 radical (unpaired) electrons. The van der Waals surface area contributed by atoms with Crippen LogP contribution in [0.5, 0.6) is 0 Å². The van der Waals surface area contributed by atoms with Crippen LogP contribution in [0.4, 0.5) is 0 Å². The summed E-state index contributed by atoms with van der Waals surface area (Å²) in [6.45, 7) is 4.11. The number of H-pyrrole nitrogens is 1. The van der Waals surface area contributed by atoms with Gasteiger partial charge in [-0.25, -0.2) is 13.4 Å².